The molecule has 0 spiro atoms. The van der Waals surface area contributed by atoms with Crippen LogP contribution < -0.4 is 9.47 Å². The lowest BCUT2D eigenvalue weighted by Crippen LogP contribution is -2.34. The van der Waals surface area contributed by atoms with Gasteiger partial charge in [-0.2, -0.15) is 10.2 Å². The summed E-state index contributed by atoms with van der Waals surface area (Å²) in [6, 6.07) is 5.83. The summed E-state index contributed by atoms with van der Waals surface area (Å²) in [6.07, 6.45) is 9.95. The summed E-state index contributed by atoms with van der Waals surface area (Å²) >= 11 is 0. The first kappa shape index (κ1) is 24.9. The summed E-state index contributed by atoms with van der Waals surface area (Å²) < 4.78 is 15.9. The fraction of sp³-hybridized carbons (Fsp3) is 0.483. The van der Waals surface area contributed by atoms with Crippen molar-refractivity contribution >= 4 is 5.52 Å². The molecule has 38 heavy (non-hydrogen) atoms. The van der Waals surface area contributed by atoms with Crippen LogP contribution in [0, 0.1) is 19.8 Å². The van der Waals surface area contributed by atoms with Crippen molar-refractivity contribution in [2.45, 2.75) is 52.2 Å². The van der Waals surface area contributed by atoms with Crippen molar-refractivity contribution in [2.75, 3.05) is 33.4 Å². The van der Waals surface area contributed by atoms with Crippen molar-refractivity contribution in [3.8, 4) is 22.8 Å². The third-order valence-corrected chi connectivity index (χ3v) is 8.09. The molecule has 0 aromatic carbocycles. The van der Waals surface area contributed by atoms with E-state index >= 15 is 0 Å². The van der Waals surface area contributed by atoms with Gasteiger partial charge in [-0.3, -0.25) is 9.67 Å². The van der Waals surface area contributed by atoms with E-state index in [1.165, 1.54) is 37.1 Å². The van der Waals surface area contributed by atoms with Crippen molar-refractivity contribution in [1.29, 1.82) is 0 Å². The van der Waals surface area contributed by atoms with Gasteiger partial charge in [0.2, 0.25) is 0 Å². The maximum Gasteiger partial charge on any atom is 0.168 e. The summed E-state index contributed by atoms with van der Waals surface area (Å²) in [7, 11) is 1.62. The van der Waals surface area contributed by atoms with Crippen molar-refractivity contribution < 1.29 is 14.6 Å². The van der Waals surface area contributed by atoms with E-state index in [9.17, 15) is 5.11 Å². The van der Waals surface area contributed by atoms with Gasteiger partial charge in [-0.1, -0.05) is 12.5 Å². The molecule has 0 unspecified atom stereocenters. The van der Waals surface area contributed by atoms with Gasteiger partial charge >= 0.3 is 0 Å². The van der Waals surface area contributed by atoms with Crippen molar-refractivity contribution in [2.24, 2.45) is 5.92 Å². The molecule has 1 atom stereocenters. The Morgan fingerprint density at radius 2 is 1.97 bits per heavy atom. The lowest BCUT2D eigenvalue weighted by atomic mass is 9.85. The Bertz CT molecular complexity index is 1420. The standard InChI is InChI=1S/C29H36N6O3/c1-19-7-8-23(30-14-19)27(18-36)38-25-13-22(17-35-29(25)26(37-3)15-31-35)28-20(2)24-9-10-33(11-12-34(24)32-28)16-21-5-4-6-21/h7-8,13-15,17,21,27,36H,4-6,9-12,16,18H2,1-3H3/t27-/m1/s1. The molecular formula is C29H36N6O3. The monoisotopic (exact) mass is 516 g/mol. The lowest BCUT2D eigenvalue weighted by molar-refractivity contribution is 0.114. The average Bonchev–Trinajstić information content (AvgIpc) is 3.39. The molecule has 6 rings (SSSR count). The minimum Gasteiger partial charge on any atom is -0.493 e. The summed E-state index contributed by atoms with van der Waals surface area (Å²) in [5.41, 5.74) is 6.75. The molecule has 0 amide bonds. The number of aromatic nitrogens is 5. The van der Waals surface area contributed by atoms with Gasteiger partial charge in [0.1, 0.15) is 0 Å². The molecule has 1 N–H and O–H groups in total. The molecule has 1 aliphatic carbocycles. The highest BCUT2D eigenvalue weighted by Crippen LogP contribution is 2.37. The molecule has 9 nitrogen and oxygen atoms in total. The molecule has 0 saturated heterocycles. The largest absolute Gasteiger partial charge is 0.493 e. The van der Waals surface area contributed by atoms with E-state index in [0.29, 0.717) is 22.7 Å². The molecule has 200 valence electrons. The third kappa shape index (κ3) is 4.65. The van der Waals surface area contributed by atoms with E-state index in [2.05, 4.69) is 26.6 Å². The minimum absolute atomic E-state index is 0.210. The highest BCUT2D eigenvalue weighted by Gasteiger charge is 2.26. The number of rotatable bonds is 8. The third-order valence-electron chi connectivity index (χ3n) is 8.09. The number of aliphatic hydroxyl groups excluding tert-OH is 1. The Kier molecular flexibility index (Phi) is 6.80. The first-order chi connectivity index (χ1) is 18.5. The number of methoxy groups -OCH3 is 1. The molecule has 1 saturated carbocycles. The zero-order valence-electron chi connectivity index (χ0n) is 22.4. The number of nitrogens with zero attached hydrogens (tertiary/aromatic N) is 6. The van der Waals surface area contributed by atoms with E-state index < -0.39 is 6.10 Å². The number of ether oxygens (including phenoxy) is 2. The zero-order valence-corrected chi connectivity index (χ0v) is 22.4. The van der Waals surface area contributed by atoms with Gasteiger partial charge < -0.3 is 19.5 Å². The second-order valence-corrected chi connectivity index (χ2v) is 10.6. The Hall–Kier alpha value is -3.43. The Balaban J connectivity index is 1.33. The van der Waals surface area contributed by atoms with Gasteiger partial charge in [-0.05, 0) is 55.9 Å². The second kappa shape index (κ2) is 10.4. The second-order valence-electron chi connectivity index (χ2n) is 10.6. The Labute approximate surface area is 223 Å². The van der Waals surface area contributed by atoms with Crippen LogP contribution in [0.15, 0.2) is 36.8 Å². The minimum atomic E-state index is -0.629. The van der Waals surface area contributed by atoms with Crippen LogP contribution >= 0.6 is 0 Å². The van der Waals surface area contributed by atoms with Crippen LogP contribution in [0.1, 0.15) is 47.9 Å². The molecule has 0 radical (unpaired) electrons. The van der Waals surface area contributed by atoms with Crippen LogP contribution in [0.2, 0.25) is 0 Å². The van der Waals surface area contributed by atoms with Crippen molar-refractivity contribution in [1.82, 2.24) is 29.3 Å². The fourth-order valence-electron chi connectivity index (χ4n) is 5.64. The zero-order chi connectivity index (χ0) is 26.2. The number of aliphatic hydroxyl groups is 1. The molecule has 2 aliphatic rings. The Morgan fingerprint density at radius 3 is 2.68 bits per heavy atom. The van der Waals surface area contributed by atoms with Crippen LogP contribution in [0.5, 0.6) is 11.5 Å². The fourth-order valence-corrected chi connectivity index (χ4v) is 5.64. The highest BCUT2D eigenvalue weighted by atomic mass is 16.5. The van der Waals surface area contributed by atoms with Crippen LogP contribution in [0.3, 0.4) is 0 Å². The first-order valence-electron chi connectivity index (χ1n) is 13.6. The van der Waals surface area contributed by atoms with Gasteiger partial charge in [0.15, 0.2) is 23.1 Å². The molecule has 4 aromatic rings. The summed E-state index contributed by atoms with van der Waals surface area (Å²) in [5.74, 6) is 2.04. The van der Waals surface area contributed by atoms with Crippen molar-refractivity contribution in [3.05, 3.63) is 59.3 Å². The maximum absolute atomic E-state index is 10.2. The van der Waals surface area contributed by atoms with Gasteiger partial charge in [0, 0.05) is 49.7 Å². The summed E-state index contributed by atoms with van der Waals surface area (Å²) in [4.78, 5) is 7.09. The average molecular weight is 517 g/mol. The summed E-state index contributed by atoms with van der Waals surface area (Å²) in [5, 5.41) is 19.8. The predicted octanol–water partition coefficient (Wildman–Crippen LogP) is 3.99. The number of aryl methyl sites for hydroxylation is 1. The lowest BCUT2D eigenvalue weighted by Gasteiger charge is -2.31. The van der Waals surface area contributed by atoms with Gasteiger partial charge in [0.05, 0.1) is 37.8 Å². The topological polar surface area (TPSA) is 89.9 Å². The normalized spacial score (nSPS) is 17.2. The smallest absolute Gasteiger partial charge is 0.168 e. The number of pyridine rings is 2. The SMILES string of the molecule is COc1cnn2cc(-c3nn4c(c3C)CCN(CC3CCC3)CC4)cc(O[C@H](CO)c3ccc(C)cn3)c12. The Morgan fingerprint density at radius 1 is 1.11 bits per heavy atom. The molecular weight excluding hydrogens is 480 g/mol. The van der Waals surface area contributed by atoms with Crippen LogP contribution in [-0.4, -0.2) is 67.7 Å². The summed E-state index contributed by atoms with van der Waals surface area (Å²) in [6.45, 7) is 8.17. The van der Waals surface area contributed by atoms with Crippen LogP contribution in [0.25, 0.3) is 16.8 Å². The van der Waals surface area contributed by atoms with E-state index in [1.807, 2.05) is 31.3 Å². The van der Waals surface area contributed by atoms with Crippen molar-refractivity contribution in [3.63, 3.8) is 0 Å². The van der Waals surface area contributed by atoms with Gasteiger partial charge in [0.25, 0.3) is 0 Å². The predicted molar refractivity (Wildman–Crippen MR) is 145 cm³/mol. The molecule has 1 fully saturated rings. The van der Waals surface area contributed by atoms with E-state index in [1.54, 1.807) is 24.0 Å². The molecule has 0 bridgehead atoms. The van der Waals surface area contributed by atoms with E-state index in [0.717, 1.165) is 48.8 Å². The highest BCUT2D eigenvalue weighted by molar-refractivity contribution is 5.75. The maximum atomic E-state index is 10.2. The van der Waals surface area contributed by atoms with Gasteiger partial charge in [-0.25, -0.2) is 4.52 Å². The number of hydrogen-bond acceptors (Lipinski definition) is 7. The molecule has 9 heteroatoms. The number of hydrogen-bond donors (Lipinski definition) is 1. The van der Waals surface area contributed by atoms with Gasteiger partial charge in [-0.15, -0.1) is 0 Å². The first-order valence-corrected chi connectivity index (χ1v) is 13.6. The molecule has 1 aliphatic heterocycles. The van der Waals surface area contributed by atoms with E-state index in [4.69, 9.17) is 14.6 Å². The number of fused-ring (bicyclic) bond motifs is 2. The van der Waals surface area contributed by atoms with E-state index in [-0.39, 0.29) is 6.61 Å². The van der Waals surface area contributed by atoms with Crippen LogP contribution in [-0.2, 0) is 13.0 Å². The molecule has 4 aromatic heterocycles. The van der Waals surface area contributed by atoms with Crippen LogP contribution in [0.4, 0.5) is 0 Å². The molecule has 5 heterocycles. The quantitative estimate of drug-likeness (QED) is 0.379.